The Morgan fingerprint density at radius 2 is 1.88 bits per heavy atom. The van der Waals surface area contributed by atoms with Gasteiger partial charge in [-0.15, -0.1) is 0 Å². The number of nitrogens with one attached hydrogen (secondary N) is 2. The molecule has 6 heteroatoms. The van der Waals surface area contributed by atoms with Crippen LogP contribution in [0.2, 0.25) is 0 Å². The lowest BCUT2D eigenvalue weighted by molar-refractivity contribution is -0.123. The monoisotopic (exact) mass is 340 g/mol. The van der Waals surface area contributed by atoms with Crippen molar-refractivity contribution in [1.82, 2.24) is 10.3 Å². The van der Waals surface area contributed by atoms with E-state index < -0.39 is 5.82 Å². The van der Waals surface area contributed by atoms with E-state index in [2.05, 4.69) is 10.3 Å². The zero-order valence-corrected chi connectivity index (χ0v) is 13.4. The van der Waals surface area contributed by atoms with Gasteiger partial charge in [-0.05, 0) is 36.1 Å². The van der Waals surface area contributed by atoms with Crippen molar-refractivity contribution in [3.63, 3.8) is 0 Å². The molecule has 0 saturated heterocycles. The molecule has 128 valence electrons. The van der Waals surface area contributed by atoms with Crippen molar-refractivity contribution < 1.29 is 13.9 Å². The van der Waals surface area contributed by atoms with Crippen LogP contribution >= 0.6 is 0 Å². The molecule has 1 aromatic heterocycles. The molecule has 1 heterocycles. The highest BCUT2D eigenvalue weighted by atomic mass is 19.1. The third kappa shape index (κ3) is 4.23. The number of carbonyl (C=O) groups excluding carboxylic acids is 1. The number of hydrogen-bond donors (Lipinski definition) is 2. The first kappa shape index (κ1) is 16.7. The van der Waals surface area contributed by atoms with Crippen LogP contribution in [-0.4, -0.2) is 24.0 Å². The molecule has 3 rings (SSSR count). The van der Waals surface area contributed by atoms with Crippen LogP contribution in [0.25, 0.3) is 10.9 Å². The van der Waals surface area contributed by atoms with Crippen LogP contribution in [-0.2, 0) is 11.2 Å². The van der Waals surface area contributed by atoms with Gasteiger partial charge in [-0.25, -0.2) is 4.39 Å². The third-order valence-electron chi connectivity index (χ3n) is 3.74. The van der Waals surface area contributed by atoms with Crippen molar-refractivity contribution in [1.29, 1.82) is 0 Å². The highest BCUT2D eigenvalue weighted by Gasteiger charge is 2.07. The molecule has 0 atom stereocenters. The Morgan fingerprint density at radius 3 is 2.72 bits per heavy atom. The van der Waals surface area contributed by atoms with Crippen LogP contribution < -0.4 is 15.6 Å². The second-order valence-corrected chi connectivity index (χ2v) is 5.53. The standard InChI is InChI=1S/C19H17FN2O3/c20-15-6-2-4-8-17(15)25-12-18(23)21-10-9-14-11-13-5-1-3-7-16(13)22-19(14)24/h1-8,11H,9-10,12H2,(H,21,23)(H,22,24). The number of para-hydroxylation sites is 2. The van der Waals surface area contributed by atoms with Crippen molar-refractivity contribution in [2.45, 2.75) is 6.42 Å². The van der Waals surface area contributed by atoms with Crippen molar-refractivity contribution in [2.24, 2.45) is 0 Å². The van der Waals surface area contributed by atoms with Crippen LogP contribution in [0, 0.1) is 5.82 Å². The Kier molecular flexibility index (Phi) is 5.09. The van der Waals surface area contributed by atoms with Gasteiger partial charge >= 0.3 is 0 Å². The topological polar surface area (TPSA) is 71.2 Å². The molecule has 0 saturated carbocycles. The lowest BCUT2D eigenvalue weighted by Gasteiger charge is -2.08. The number of hydrogen-bond acceptors (Lipinski definition) is 3. The molecule has 25 heavy (non-hydrogen) atoms. The fraction of sp³-hybridized carbons (Fsp3) is 0.158. The first-order valence-corrected chi connectivity index (χ1v) is 7.88. The Hall–Kier alpha value is -3.15. The summed E-state index contributed by atoms with van der Waals surface area (Å²) in [5, 5.41) is 3.59. The maximum Gasteiger partial charge on any atom is 0.257 e. The van der Waals surface area contributed by atoms with Crippen molar-refractivity contribution in [3.05, 3.63) is 76.3 Å². The molecule has 3 aromatic rings. The van der Waals surface area contributed by atoms with E-state index in [4.69, 9.17) is 4.74 Å². The predicted molar refractivity (Wildman–Crippen MR) is 93.2 cm³/mol. The summed E-state index contributed by atoms with van der Waals surface area (Å²) < 4.78 is 18.5. The smallest absolute Gasteiger partial charge is 0.257 e. The average molecular weight is 340 g/mol. The molecule has 5 nitrogen and oxygen atoms in total. The molecule has 0 aliphatic carbocycles. The summed E-state index contributed by atoms with van der Waals surface area (Å²) >= 11 is 0. The van der Waals surface area contributed by atoms with Gasteiger partial charge in [-0.1, -0.05) is 30.3 Å². The first-order valence-electron chi connectivity index (χ1n) is 7.88. The SMILES string of the molecule is O=C(COc1ccccc1F)NCCc1cc2ccccc2[nH]c1=O. The summed E-state index contributed by atoms with van der Waals surface area (Å²) in [7, 11) is 0. The van der Waals surface area contributed by atoms with E-state index in [-0.39, 0.29) is 23.8 Å². The van der Waals surface area contributed by atoms with Crippen molar-refractivity contribution >= 4 is 16.8 Å². The number of aromatic nitrogens is 1. The van der Waals surface area contributed by atoms with E-state index in [9.17, 15) is 14.0 Å². The Bertz CT molecular complexity index is 953. The number of fused-ring (bicyclic) bond motifs is 1. The first-order chi connectivity index (χ1) is 12.1. The van der Waals surface area contributed by atoms with Crippen LogP contribution in [0.15, 0.2) is 59.4 Å². The average Bonchev–Trinajstić information content (AvgIpc) is 2.61. The largest absolute Gasteiger partial charge is 0.481 e. The third-order valence-corrected chi connectivity index (χ3v) is 3.74. The summed E-state index contributed by atoms with van der Waals surface area (Å²) in [4.78, 5) is 26.6. The lowest BCUT2D eigenvalue weighted by Crippen LogP contribution is -2.31. The van der Waals surface area contributed by atoms with Crippen LogP contribution in [0.5, 0.6) is 5.75 Å². The van der Waals surface area contributed by atoms with Crippen molar-refractivity contribution in [3.8, 4) is 5.75 Å². The summed E-state index contributed by atoms with van der Waals surface area (Å²) in [5.74, 6) is -0.859. The quantitative estimate of drug-likeness (QED) is 0.724. The number of halogens is 1. The van der Waals surface area contributed by atoms with Gasteiger partial charge in [-0.3, -0.25) is 9.59 Å². The molecular formula is C19H17FN2O3. The Morgan fingerprint density at radius 1 is 1.12 bits per heavy atom. The summed E-state index contributed by atoms with van der Waals surface area (Å²) in [6.45, 7) is 0.00982. The summed E-state index contributed by atoms with van der Waals surface area (Å²) in [6, 6.07) is 15.2. The lowest BCUT2D eigenvalue weighted by atomic mass is 10.1. The zero-order valence-electron chi connectivity index (χ0n) is 13.4. The fourth-order valence-electron chi connectivity index (χ4n) is 2.47. The van der Waals surface area contributed by atoms with E-state index >= 15 is 0 Å². The molecule has 0 bridgehead atoms. The molecular weight excluding hydrogens is 323 g/mol. The molecule has 0 fully saturated rings. The molecule has 0 unspecified atom stereocenters. The van der Waals surface area contributed by atoms with Gasteiger partial charge in [0.05, 0.1) is 0 Å². The zero-order chi connectivity index (χ0) is 17.6. The van der Waals surface area contributed by atoms with E-state index in [0.29, 0.717) is 18.5 Å². The van der Waals surface area contributed by atoms with Gasteiger partial charge in [0.25, 0.3) is 11.5 Å². The normalized spacial score (nSPS) is 10.6. The van der Waals surface area contributed by atoms with Crippen LogP contribution in [0.3, 0.4) is 0 Å². The second-order valence-electron chi connectivity index (χ2n) is 5.53. The van der Waals surface area contributed by atoms with Crippen LogP contribution in [0.4, 0.5) is 4.39 Å². The number of benzene rings is 2. The highest BCUT2D eigenvalue weighted by molar-refractivity contribution is 5.79. The molecule has 2 aromatic carbocycles. The highest BCUT2D eigenvalue weighted by Crippen LogP contribution is 2.15. The van der Waals surface area contributed by atoms with Crippen molar-refractivity contribution in [2.75, 3.05) is 13.2 Å². The molecule has 0 spiro atoms. The minimum Gasteiger partial charge on any atom is -0.481 e. The minimum atomic E-state index is -0.516. The van der Waals surface area contributed by atoms with Gasteiger partial charge in [0.15, 0.2) is 18.2 Å². The number of pyridine rings is 1. The van der Waals surface area contributed by atoms with Gasteiger partial charge in [0.2, 0.25) is 0 Å². The Labute approximate surface area is 143 Å². The number of ether oxygens (including phenoxy) is 1. The minimum absolute atomic E-state index is 0.0311. The van der Waals surface area contributed by atoms with Gasteiger partial charge in [0.1, 0.15) is 0 Å². The van der Waals surface area contributed by atoms with Gasteiger partial charge in [-0.2, -0.15) is 0 Å². The number of aromatic amines is 1. The number of amides is 1. The summed E-state index contributed by atoms with van der Waals surface area (Å²) in [5.41, 5.74) is 1.20. The van der Waals surface area contributed by atoms with E-state index in [1.807, 2.05) is 30.3 Å². The molecule has 0 radical (unpaired) electrons. The maximum atomic E-state index is 13.4. The van der Waals surface area contributed by atoms with Gasteiger partial charge in [0, 0.05) is 17.6 Å². The predicted octanol–water partition coefficient (Wildman–Crippen LogP) is 2.40. The Balaban J connectivity index is 1.52. The van der Waals surface area contributed by atoms with Gasteiger partial charge < -0.3 is 15.0 Å². The van der Waals surface area contributed by atoms with E-state index in [0.717, 1.165) is 10.9 Å². The number of carbonyl (C=O) groups is 1. The maximum absolute atomic E-state index is 13.4. The summed E-state index contributed by atoms with van der Waals surface area (Å²) in [6.07, 6.45) is 0.394. The van der Waals surface area contributed by atoms with E-state index in [1.54, 1.807) is 12.1 Å². The number of H-pyrrole nitrogens is 1. The molecule has 0 aliphatic rings. The fourth-order valence-corrected chi connectivity index (χ4v) is 2.47. The van der Waals surface area contributed by atoms with E-state index in [1.165, 1.54) is 12.1 Å². The van der Waals surface area contributed by atoms with Crippen LogP contribution in [0.1, 0.15) is 5.56 Å². The second kappa shape index (κ2) is 7.61. The molecule has 2 N–H and O–H groups in total. The number of rotatable bonds is 6. The molecule has 0 aliphatic heterocycles. The molecule has 1 amide bonds.